The van der Waals surface area contributed by atoms with Crippen LogP contribution < -0.4 is 10.6 Å². The zero-order valence-corrected chi connectivity index (χ0v) is 20.6. The summed E-state index contributed by atoms with van der Waals surface area (Å²) in [6.07, 6.45) is 0.888. The highest BCUT2D eigenvalue weighted by Crippen LogP contribution is 2.09. The smallest absolute Gasteiger partial charge is 0.191 e. The van der Waals surface area contributed by atoms with Crippen molar-refractivity contribution < 1.29 is 4.74 Å². The third kappa shape index (κ3) is 8.41. The van der Waals surface area contributed by atoms with Crippen LogP contribution in [-0.4, -0.2) is 24.5 Å². The molecule has 1 heterocycles. The number of thiazole rings is 1. The Morgan fingerprint density at radius 1 is 1.00 bits per heavy atom. The van der Waals surface area contributed by atoms with Crippen molar-refractivity contribution in [1.82, 2.24) is 15.6 Å². The molecule has 0 aliphatic rings. The Hall–Kier alpha value is -1.97. The highest BCUT2D eigenvalue weighted by atomic mass is 127. The summed E-state index contributed by atoms with van der Waals surface area (Å²) < 4.78 is 5.84. The van der Waals surface area contributed by atoms with Crippen molar-refractivity contribution in [3.63, 3.8) is 0 Å². The van der Waals surface area contributed by atoms with Gasteiger partial charge in [0.25, 0.3) is 0 Å². The molecule has 0 amide bonds. The summed E-state index contributed by atoms with van der Waals surface area (Å²) in [5, 5.41) is 9.93. The molecule has 0 bridgehead atoms. The second-order valence-corrected chi connectivity index (χ2v) is 7.82. The molecule has 0 saturated heterocycles. The van der Waals surface area contributed by atoms with Gasteiger partial charge in [-0.3, -0.25) is 4.99 Å². The number of nitrogens with zero attached hydrogens (tertiary/aromatic N) is 2. The molecule has 30 heavy (non-hydrogen) atoms. The molecule has 1 aromatic heterocycles. The van der Waals surface area contributed by atoms with E-state index in [0.29, 0.717) is 19.8 Å². The molecule has 0 fully saturated rings. The molecule has 0 saturated carbocycles. The molecule has 0 spiro atoms. The number of aromatic nitrogens is 1. The maximum Gasteiger partial charge on any atom is 0.191 e. The first-order chi connectivity index (χ1) is 14.2. The van der Waals surface area contributed by atoms with Gasteiger partial charge in [0.2, 0.25) is 0 Å². The normalized spacial score (nSPS) is 11.1. The number of guanidine groups is 1. The number of ether oxygens (including phenoxy) is 1. The molecule has 0 radical (unpaired) electrons. The summed E-state index contributed by atoms with van der Waals surface area (Å²) in [6.45, 7) is 4.77. The van der Waals surface area contributed by atoms with E-state index in [0.717, 1.165) is 29.6 Å². The third-order valence-corrected chi connectivity index (χ3v) is 5.22. The topological polar surface area (TPSA) is 58.5 Å². The van der Waals surface area contributed by atoms with Crippen LogP contribution in [0.25, 0.3) is 0 Å². The Morgan fingerprint density at radius 2 is 1.73 bits per heavy atom. The quantitative estimate of drug-likeness (QED) is 0.237. The molecule has 0 aliphatic carbocycles. The van der Waals surface area contributed by atoms with Crippen molar-refractivity contribution in [2.45, 2.75) is 33.1 Å². The Bertz CT molecular complexity index is 914. The fourth-order valence-corrected chi connectivity index (χ4v) is 3.58. The van der Waals surface area contributed by atoms with Crippen LogP contribution in [0.1, 0.15) is 27.4 Å². The molecule has 7 heteroatoms. The molecule has 0 aliphatic heterocycles. The average molecular weight is 536 g/mol. The number of benzene rings is 2. The van der Waals surface area contributed by atoms with E-state index in [-0.39, 0.29) is 24.0 Å². The third-order valence-electron chi connectivity index (χ3n) is 4.40. The van der Waals surface area contributed by atoms with Crippen LogP contribution in [0.4, 0.5) is 0 Å². The van der Waals surface area contributed by atoms with Crippen LogP contribution >= 0.6 is 35.3 Å². The minimum Gasteiger partial charge on any atom is -0.372 e. The van der Waals surface area contributed by atoms with Gasteiger partial charge in [0.15, 0.2) is 5.96 Å². The SMILES string of the molecule is CN=C(NCCc1csc(C)n1)NCc1cccc(COCc2ccccc2)c1.I. The Morgan fingerprint density at radius 3 is 2.47 bits per heavy atom. The van der Waals surface area contributed by atoms with E-state index < -0.39 is 0 Å². The van der Waals surface area contributed by atoms with Crippen molar-refractivity contribution >= 4 is 41.3 Å². The van der Waals surface area contributed by atoms with Crippen LogP contribution in [0.15, 0.2) is 65.0 Å². The molecule has 3 rings (SSSR count). The zero-order chi connectivity index (χ0) is 20.3. The van der Waals surface area contributed by atoms with Gasteiger partial charge in [0.1, 0.15) is 0 Å². The van der Waals surface area contributed by atoms with Crippen molar-refractivity contribution in [2.75, 3.05) is 13.6 Å². The van der Waals surface area contributed by atoms with Gasteiger partial charge in [0, 0.05) is 31.9 Å². The molecule has 2 aromatic carbocycles. The van der Waals surface area contributed by atoms with Gasteiger partial charge in [-0.25, -0.2) is 4.98 Å². The Labute approximate surface area is 200 Å². The van der Waals surface area contributed by atoms with Gasteiger partial charge in [-0.1, -0.05) is 54.6 Å². The van der Waals surface area contributed by atoms with Gasteiger partial charge in [0.05, 0.1) is 23.9 Å². The van der Waals surface area contributed by atoms with E-state index in [4.69, 9.17) is 4.74 Å². The maximum atomic E-state index is 5.84. The fourth-order valence-electron chi connectivity index (χ4n) is 2.93. The number of halogens is 1. The lowest BCUT2D eigenvalue weighted by Gasteiger charge is -2.12. The van der Waals surface area contributed by atoms with Crippen molar-refractivity contribution in [1.29, 1.82) is 0 Å². The molecule has 2 N–H and O–H groups in total. The number of hydrogen-bond donors (Lipinski definition) is 2. The van der Waals surface area contributed by atoms with E-state index in [2.05, 4.69) is 62.4 Å². The van der Waals surface area contributed by atoms with Crippen LogP contribution in [0.2, 0.25) is 0 Å². The molecule has 0 atom stereocenters. The van der Waals surface area contributed by atoms with Gasteiger partial charge in [-0.2, -0.15) is 0 Å². The van der Waals surface area contributed by atoms with Gasteiger partial charge < -0.3 is 15.4 Å². The first-order valence-corrected chi connectivity index (χ1v) is 10.7. The summed E-state index contributed by atoms with van der Waals surface area (Å²) in [7, 11) is 1.79. The Kier molecular flexibility index (Phi) is 10.8. The summed E-state index contributed by atoms with van der Waals surface area (Å²) >= 11 is 1.69. The van der Waals surface area contributed by atoms with E-state index in [1.807, 2.05) is 25.1 Å². The van der Waals surface area contributed by atoms with E-state index in [1.165, 1.54) is 16.7 Å². The minimum absolute atomic E-state index is 0. The average Bonchev–Trinajstić information content (AvgIpc) is 3.16. The van der Waals surface area contributed by atoms with Gasteiger partial charge >= 0.3 is 0 Å². The molecule has 3 aromatic rings. The summed E-state index contributed by atoms with van der Waals surface area (Å²) in [5.74, 6) is 0.794. The van der Waals surface area contributed by atoms with E-state index in [1.54, 1.807) is 18.4 Å². The van der Waals surface area contributed by atoms with Crippen molar-refractivity contribution in [3.8, 4) is 0 Å². The summed E-state index contributed by atoms with van der Waals surface area (Å²) in [6, 6.07) is 18.7. The molecule has 160 valence electrons. The highest BCUT2D eigenvalue weighted by Gasteiger charge is 2.02. The molecule has 0 unspecified atom stereocenters. The monoisotopic (exact) mass is 536 g/mol. The maximum absolute atomic E-state index is 5.84. The number of aryl methyl sites for hydroxylation is 1. The van der Waals surface area contributed by atoms with Crippen LogP contribution in [0, 0.1) is 6.92 Å². The van der Waals surface area contributed by atoms with Crippen LogP contribution in [0.5, 0.6) is 0 Å². The number of hydrogen-bond acceptors (Lipinski definition) is 4. The number of aliphatic imine (C=N–C) groups is 1. The first-order valence-electron chi connectivity index (χ1n) is 9.78. The van der Waals surface area contributed by atoms with Gasteiger partial charge in [-0.15, -0.1) is 35.3 Å². The van der Waals surface area contributed by atoms with Crippen LogP contribution in [-0.2, 0) is 30.9 Å². The fraction of sp³-hybridized carbons (Fsp3) is 0.304. The Balaban J connectivity index is 0.00000320. The molecular formula is C23H29IN4OS. The lowest BCUT2D eigenvalue weighted by molar-refractivity contribution is 0.107. The largest absolute Gasteiger partial charge is 0.372 e. The van der Waals surface area contributed by atoms with Crippen molar-refractivity contribution in [2.24, 2.45) is 4.99 Å². The predicted octanol–water partition coefficient (Wildman–Crippen LogP) is 4.69. The number of rotatable bonds is 9. The lowest BCUT2D eigenvalue weighted by atomic mass is 10.1. The highest BCUT2D eigenvalue weighted by molar-refractivity contribution is 14.0. The predicted molar refractivity (Wildman–Crippen MR) is 136 cm³/mol. The molecule has 5 nitrogen and oxygen atoms in total. The minimum atomic E-state index is 0. The van der Waals surface area contributed by atoms with E-state index >= 15 is 0 Å². The summed E-state index contributed by atoms with van der Waals surface area (Å²) in [4.78, 5) is 8.78. The second kappa shape index (κ2) is 13.4. The van der Waals surface area contributed by atoms with Crippen molar-refractivity contribution in [3.05, 3.63) is 87.4 Å². The standard InChI is InChI=1S/C23H28N4OS.HI/c1-18-27-22(17-29-18)11-12-25-23(24-2)26-14-20-9-6-10-21(13-20)16-28-15-19-7-4-3-5-8-19;/h3-10,13,17H,11-12,14-16H2,1-2H3,(H2,24,25,26);1H. The second-order valence-electron chi connectivity index (χ2n) is 6.76. The first kappa shape index (κ1) is 24.3. The van der Waals surface area contributed by atoms with Crippen LogP contribution in [0.3, 0.4) is 0 Å². The zero-order valence-electron chi connectivity index (χ0n) is 17.4. The summed E-state index contributed by atoms with van der Waals surface area (Å²) in [5.41, 5.74) is 4.68. The molecular weight excluding hydrogens is 507 g/mol. The van der Waals surface area contributed by atoms with E-state index in [9.17, 15) is 0 Å². The lowest BCUT2D eigenvalue weighted by Crippen LogP contribution is -2.37. The van der Waals surface area contributed by atoms with Gasteiger partial charge in [-0.05, 0) is 23.6 Å². The number of nitrogens with one attached hydrogen (secondary N) is 2.